The van der Waals surface area contributed by atoms with Crippen LogP contribution in [0, 0.1) is 16.7 Å². The Balaban J connectivity index is 2.20. The molecule has 1 aliphatic heterocycles. The van der Waals surface area contributed by atoms with Gasteiger partial charge in [0.05, 0.1) is 10.8 Å². The van der Waals surface area contributed by atoms with Crippen molar-refractivity contribution in [3.8, 4) is 0 Å². The van der Waals surface area contributed by atoms with E-state index in [0.717, 1.165) is 12.8 Å². The molecule has 2 rings (SSSR count). The molecule has 1 saturated carbocycles. The first-order valence-corrected chi connectivity index (χ1v) is 7.26. The smallest absolute Gasteiger partial charge is 0.311 e. The van der Waals surface area contributed by atoms with Crippen molar-refractivity contribution in [1.29, 1.82) is 0 Å². The lowest BCUT2D eigenvalue weighted by Crippen LogP contribution is -2.48. The van der Waals surface area contributed by atoms with E-state index in [2.05, 4.69) is 6.92 Å². The third kappa shape index (κ3) is 2.45. The molecule has 0 aromatic rings. The van der Waals surface area contributed by atoms with Crippen molar-refractivity contribution >= 4 is 17.8 Å². The first-order valence-electron chi connectivity index (χ1n) is 7.26. The van der Waals surface area contributed by atoms with E-state index in [1.165, 1.54) is 4.90 Å². The minimum atomic E-state index is -0.946. The minimum absolute atomic E-state index is 0.0378. The maximum atomic E-state index is 12.3. The largest absolute Gasteiger partial charge is 0.481 e. The number of aliphatic carboxylic acids is 1. The second-order valence-corrected chi connectivity index (χ2v) is 7.11. The molecule has 0 aromatic carbocycles. The zero-order chi connectivity index (χ0) is 15.1. The number of hydrogen-bond donors (Lipinski definition) is 1. The SMILES string of the molecule is CC1CCC(CN2C(=O)CC(C)(C)C2=O)(C(=O)O)CC1. The summed E-state index contributed by atoms with van der Waals surface area (Å²) in [4.78, 5) is 37.1. The average Bonchev–Trinajstić information content (AvgIpc) is 2.54. The Bertz CT molecular complexity index is 447. The quantitative estimate of drug-likeness (QED) is 0.803. The van der Waals surface area contributed by atoms with Crippen molar-refractivity contribution in [2.45, 2.75) is 52.9 Å². The van der Waals surface area contributed by atoms with Gasteiger partial charge in [-0.3, -0.25) is 19.3 Å². The zero-order valence-electron chi connectivity index (χ0n) is 12.4. The number of nitrogens with zero attached hydrogens (tertiary/aromatic N) is 1. The van der Waals surface area contributed by atoms with Crippen LogP contribution < -0.4 is 0 Å². The molecule has 112 valence electrons. The highest BCUT2D eigenvalue weighted by Gasteiger charge is 2.50. The molecule has 0 radical (unpaired) electrons. The van der Waals surface area contributed by atoms with Crippen LogP contribution in [0.1, 0.15) is 52.9 Å². The van der Waals surface area contributed by atoms with Crippen LogP contribution in [0.2, 0.25) is 0 Å². The standard InChI is InChI=1S/C15H23NO4/c1-10-4-6-15(7-5-10,13(19)20)9-16-11(17)8-14(2,3)12(16)18/h10H,4-9H2,1-3H3,(H,19,20). The van der Waals surface area contributed by atoms with Crippen LogP contribution in [0.4, 0.5) is 0 Å². The Hall–Kier alpha value is -1.39. The summed E-state index contributed by atoms with van der Waals surface area (Å²) in [5, 5.41) is 9.59. The molecular weight excluding hydrogens is 258 g/mol. The predicted molar refractivity (Wildman–Crippen MR) is 72.8 cm³/mol. The van der Waals surface area contributed by atoms with Crippen molar-refractivity contribution < 1.29 is 19.5 Å². The number of carbonyl (C=O) groups is 3. The van der Waals surface area contributed by atoms with Crippen molar-refractivity contribution in [2.24, 2.45) is 16.7 Å². The molecule has 2 fully saturated rings. The fourth-order valence-electron chi connectivity index (χ4n) is 3.24. The summed E-state index contributed by atoms with van der Waals surface area (Å²) in [6.07, 6.45) is 2.94. The molecule has 0 aromatic heterocycles. The van der Waals surface area contributed by atoms with Crippen LogP contribution >= 0.6 is 0 Å². The minimum Gasteiger partial charge on any atom is -0.481 e. The lowest BCUT2D eigenvalue weighted by atomic mass is 9.70. The molecule has 0 bridgehead atoms. The third-order valence-electron chi connectivity index (χ3n) is 4.86. The highest BCUT2D eigenvalue weighted by atomic mass is 16.4. The van der Waals surface area contributed by atoms with Gasteiger partial charge in [-0.2, -0.15) is 0 Å². The van der Waals surface area contributed by atoms with E-state index in [4.69, 9.17) is 0 Å². The number of carbonyl (C=O) groups excluding carboxylic acids is 2. The first-order chi connectivity index (χ1) is 9.18. The fourth-order valence-corrected chi connectivity index (χ4v) is 3.24. The summed E-state index contributed by atoms with van der Waals surface area (Å²) in [7, 11) is 0. The fraction of sp³-hybridized carbons (Fsp3) is 0.800. The van der Waals surface area contributed by atoms with Crippen LogP contribution in [0.25, 0.3) is 0 Å². The maximum absolute atomic E-state index is 12.3. The van der Waals surface area contributed by atoms with Crippen LogP contribution in [-0.4, -0.2) is 34.3 Å². The molecule has 0 unspecified atom stereocenters. The van der Waals surface area contributed by atoms with Gasteiger partial charge in [0.1, 0.15) is 0 Å². The van der Waals surface area contributed by atoms with E-state index in [-0.39, 0.29) is 24.8 Å². The predicted octanol–water partition coefficient (Wildman–Crippen LogP) is 2.05. The monoisotopic (exact) mass is 281 g/mol. The van der Waals surface area contributed by atoms with Gasteiger partial charge in [0, 0.05) is 13.0 Å². The highest BCUT2D eigenvalue weighted by Crippen LogP contribution is 2.42. The summed E-state index contributed by atoms with van der Waals surface area (Å²) in [6.45, 7) is 5.63. The van der Waals surface area contributed by atoms with Gasteiger partial charge in [0.2, 0.25) is 11.8 Å². The number of likely N-dealkylation sites (tertiary alicyclic amines) is 1. The topological polar surface area (TPSA) is 74.7 Å². The lowest BCUT2D eigenvalue weighted by Gasteiger charge is -2.38. The molecule has 1 saturated heterocycles. The van der Waals surface area contributed by atoms with E-state index in [1.54, 1.807) is 13.8 Å². The van der Waals surface area contributed by atoms with E-state index >= 15 is 0 Å². The van der Waals surface area contributed by atoms with Gasteiger partial charge in [-0.25, -0.2) is 0 Å². The Labute approximate surface area is 119 Å². The second-order valence-electron chi connectivity index (χ2n) is 7.11. The molecule has 2 aliphatic rings. The number of carboxylic acid groups (broad SMARTS) is 1. The van der Waals surface area contributed by atoms with Crippen LogP contribution in [-0.2, 0) is 14.4 Å². The molecular formula is C15H23NO4. The number of hydrogen-bond acceptors (Lipinski definition) is 3. The number of carboxylic acids is 1. The molecule has 20 heavy (non-hydrogen) atoms. The Morgan fingerprint density at radius 2 is 1.85 bits per heavy atom. The lowest BCUT2D eigenvalue weighted by molar-refractivity contribution is -0.156. The van der Waals surface area contributed by atoms with E-state index in [1.807, 2.05) is 0 Å². The van der Waals surface area contributed by atoms with Crippen LogP contribution in [0.5, 0.6) is 0 Å². The normalized spacial score (nSPS) is 33.5. The third-order valence-corrected chi connectivity index (χ3v) is 4.86. The van der Waals surface area contributed by atoms with Gasteiger partial charge in [0.15, 0.2) is 0 Å². The van der Waals surface area contributed by atoms with Gasteiger partial charge < -0.3 is 5.11 Å². The maximum Gasteiger partial charge on any atom is 0.311 e. The molecule has 1 heterocycles. The van der Waals surface area contributed by atoms with Gasteiger partial charge in [0.25, 0.3) is 0 Å². The van der Waals surface area contributed by atoms with Gasteiger partial charge in [-0.05, 0) is 31.6 Å². The first kappa shape index (κ1) is 15.0. The van der Waals surface area contributed by atoms with Crippen molar-refractivity contribution in [1.82, 2.24) is 4.90 Å². The Morgan fingerprint density at radius 1 is 1.30 bits per heavy atom. The van der Waals surface area contributed by atoms with Gasteiger partial charge in [-0.15, -0.1) is 0 Å². The van der Waals surface area contributed by atoms with E-state index < -0.39 is 16.8 Å². The summed E-state index contributed by atoms with van der Waals surface area (Å²) >= 11 is 0. The highest BCUT2D eigenvalue weighted by molar-refractivity contribution is 6.05. The summed E-state index contributed by atoms with van der Waals surface area (Å²) in [5.41, 5.74) is -1.64. The van der Waals surface area contributed by atoms with E-state index in [9.17, 15) is 19.5 Å². The van der Waals surface area contributed by atoms with Crippen LogP contribution in [0.3, 0.4) is 0 Å². The number of amides is 2. The summed E-state index contributed by atoms with van der Waals surface area (Å²) < 4.78 is 0. The van der Waals surface area contributed by atoms with Gasteiger partial charge in [-0.1, -0.05) is 20.8 Å². The molecule has 0 spiro atoms. The van der Waals surface area contributed by atoms with Crippen molar-refractivity contribution in [3.05, 3.63) is 0 Å². The van der Waals surface area contributed by atoms with Crippen LogP contribution in [0.15, 0.2) is 0 Å². The average molecular weight is 281 g/mol. The molecule has 1 aliphatic carbocycles. The number of rotatable bonds is 3. The molecule has 5 heteroatoms. The number of imide groups is 1. The molecule has 0 atom stereocenters. The second kappa shape index (κ2) is 4.86. The summed E-state index contributed by atoms with van der Waals surface area (Å²) in [6, 6.07) is 0. The summed E-state index contributed by atoms with van der Waals surface area (Å²) in [5.74, 6) is -0.834. The Morgan fingerprint density at radius 3 is 2.25 bits per heavy atom. The molecule has 2 amide bonds. The molecule has 5 nitrogen and oxygen atoms in total. The van der Waals surface area contributed by atoms with Gasteiger partial charge >= 0.3 is 5.97 Å². The van der Waals surface area contributed by atoms with Crippen molar-refractivity contribution in [2.75, 3.05) is 6.54 Å². The van der Waals surface area contributed by atoms with Crippen molar-refractivity contribution in [3.63, 3.8) is 0 Å². The van der Waals surface area contributed by atoms with E-state index in [0.29, 0.717) is 18.8 Å². The molecule has 1 N–H and O–H groups in total. The Kier molecular flexibility index (Phi) is 3.65. The zero-order valence-corrected chi connectivity index (χ0v) is 12.4.